The molecular weight excluding hydrogens is 666 g/mol. The zero-order valence-corrected chi connectivity index (χ0v) is 25.4. The van der Waals surface area contributed by atoms with Crippen LogP contribution in [-0.4, -0.2) is 37.7 Å². The number of alkyl halides is 6. The molecule has 0 radical (unpaired) electrons. The summed E-state index contributed by atoms with van der Waals surface area (Å²) in [6, 6.07) is 8.06. The van der Waals surface area contributed by atoms with E-state index in [0.717, 1.165) is 77.5 Å². The number of aryl methyl sites for hydroxylation is 1. The summed E-state index contributed by atoms with van der Waals surface area (Å²) >= 11 is 0. The van der Waals surface area contributed by atoms with E-state index in [9.17, 15) is 34.8 Å². The summed E-state index contributed by atoms with van der Waals surface area (Å²) in [7, 11) is -2.84. The molecule has 0 unspecified atom stereocenters. The summed E-state index contributed by atoms with van der Waals surface area (Å²) in [5, 5.41) is 0.737. The van der Waals surface area contributed by atoms with E-state index in [1.54, 1.807) is 0 Å². The number of rotatable bonds is 9. The Morgan fingerprint density at radius 2 is 1.60 bits per heavy atom. The number of nitrogens with two attached hydrogens (primary N) is 2. The van der Waals surface area contributed by atoms with E-state index in [1.165, 1.54) is 7.11 Å². The van der Waals surface area contributed by atoms with E-state index in [4.69, 9.17) is 16.3 Å². The van der Waals surface area contributed by atoms with Crippen molar-refractivity contribution in [3.63, 3.8) is 0 Å². The van der Waals surface area contributed by atoms with Gasteiger partial charge < -0.3 is 15.2 Å². The number of methoxy groups -OCH3 is 1. The van der Waals surface area contributed by atoms with Crippen molar-refractivity contribution in [3.05, 3.63) is 95.2 Å². The molecule has 0 aliphatic rings. The Balaban J connectivity index is 1.97. The van der Waals surface area contributed by atoms with Gasteiger partial charge in [0.15, 0.2) is 15.5 Å². The van der Waals surface area contributed by atoms with Crippen LogP contribution >= 0.6 is 0 Å². The molecule has 0 fully saturated rings. The summed E-state index contributed by atoms with van der Waals surface area (Å²) in [4.78, 5) is 2.99. The van der Waals surface area contributed by atoms with Crippen molar-refractivity contribution < 1.29 is 53.0 Å². The van der Waals surface area contributed by atoms with Crippen molar-refractivity contribution >= 4 is 21.2 Å². The second-order valence-electron chi connectivity index (χ2n) is 10.0. The maximum atomic E-state index is 16.1. The first-order valence-electron chi connectivity index (χ1n) is 13.1. The topological polar surface area (TPSA) is 126 Å². The van der Waals surface area contributed by atoms with Crippen molar-refractivity contribution in [2.75, 3.05) is 18.4 Å². The van der Waals surface area contributed by atoms with Crippen LogP contribution in [0.4, 0.5) is 40.8 Å². The van der Waals surface area contributed by atoms with E-state index in [1.807, 2.05) is 0 Å². The average Bonchev–Trinajstić information content (AvgIpc) is 3.35. The number of anilines is 1. The predicted molar refractivity (Wildman–Crippen MR) is 154 cm³/mol. The first-order chi connectivity index (χ1) is 21.7. The SMILES string of the molecule is COCc1c(F)cc(-c2cc(F)c(-n3cc(C(F)(F)F)nc3C)c(N(N)/C(=C\N)c3ccc(OC(F)(F)F)cc3)c2)cc1S(C)(=O)=O. The van der Waals surface area contributed by atoms with Crippen LogP contribution in [0.5, 0.6) is 5.75 Å². The summed E-state index contributed by atoms with van der Waals surface area (Å²) in [5.41, 5.74) is 2.75. The first kappa shape index (κ1) is 35.2. The highest BCUT2D eigenvalue weighted by atomic mass is 32.2. The maximum Gasteiger partial charge on any atom is 0.573 e. The number of hydrazine groups is 1. The standard InChI is InChI=1S/C29H25F8N5O4S/c1-15-40-26(28(32,33)34)13-41(15)27-22(31)9-17(18-8-21(30)20(14-45-2)25(11-18)47(3,43)44)10-23(27)42(39)24(12-38)16-4-6-19(7-5-16)46-29(35,36)37/h4-13H,14,38-39H2,1-3H3/b24-12-. The number of ether oxygens (including phenoxy) is 2. The van der Waals surface area contributed by atoms with E-state index < -0.39 is 62.6 Å². The summed E-state index contributed by atoms with van der Waals surface area (Å²) in [6.07, 6.45) is -7.67. The third kappa shape index (κ3) is 7.66. The minimum absolute atomic E-state index is 0.0638. The lowest BCUT2D eigenvalue weighted by molar-refractivity contribution is -0.274. The number of halogens is 8. The Morgan fingerprint density at radius 1 is 1.00 bits per heavy atom. The predicted octanol–water partition coefficient (Wildman–Crippen LogP) is 6.23. The van der Waals surface area contributed by atoms with Gasteiger partial charge in [-0.15, -0.1) is 13.2 Å². The van der Waals surface area contributed by atoms with Gasteiger partial charge in [-0.1, -0.05) is 0 Å². The quantitative estimate of drug-likeness (QED) is 0.120. The minimum Gasteiger partial charge on any atom is -0.406 e. The Morgan fingerprint density at radius 3 is 2.11 bits per heavy atom. The third-order valence-corrected chi connectivity index (χ3v) is 7.86. The Labute approximate surface area is 262 Å². The highest BCUT2D eigenvalue weighted by Gasteiger charge is 2.35. The fourth-order valence-electron chi connectivity index (χ4n) is 4.68. The second-order valence-corrected chi connectivity index (χ2v) is 12.0. The maximum absolute atomic E-state index is 16.1. The Kier molecular flexibility index (Phi) is 9.61. The lowest BCUT2D eigenvalue weighted by atomic mass is 10.0. The molecule has 0 bridgehead atoms. The second kappa shape index (κ2) is 12.8. The van der Waals surface area contributed by atoms with Gasteiger partial charge in [-0.2, -0.15) is 13.2 Å². The molecule has 0 aliphatic carbocycles. The molecule has 252 valence electrons. The Hall–Kier alpha value is -4.68. The molecule has 9 nitrogen and oxygen atoms in total. The van der Waals surface area contributed by atoms with Crippen molar-refractivity contribution in [2.24, 2.45) is 11.6 Å². The van der Waals surface area contributed by atoms with E-state index in [2.05, 4.69) is 9.72 Å². The molecule has 1 heterocycles. The van der Waals surface area contributed by atoms with Gasteiger partial charge in [-0.3, -0.25) is 9.58 Å². The zero-order valence-electron chi connectivity index (χ0n) is 24.5. The molecule has 4 N–H and O–H groups in total. The smallest absolute Gasteiger partial charge is 0.406 e. The number of nitrogens with zero attached hydrogens (tertiary/aromatic N) is 3. The number of imidazole rings is 1. The molecule has 0 saturated heterocycles. The van der Waals surface area contributed by atoms with Crippen LogP contribution in [-0.2, 0) is 27.4 Å². The van der Waals surface area contributed by atoms with Crippen LogP contribution in [0.25, 0.3) is 22.5 Å². The van der Waals surface area contributed by atoms with Crippen LogP contribution in [0, 0.1) is 18.6 Å². The number of hydrogen-bond acceptors (Lipinski definition) is 8. The summed E-state index contributed by atoms with van der Waals surface area (Å²) in [5.74, 6) is 3.25. The average molecular weight is 692 g/mol. The van der Waals surface area contributed by atoms with Gasteiger partial charge in [0.05, 0.1) is 22.9 Å². The molecule has 4 aromatic rings. The molecule has 18 heteroatoms. The lowest BCUT2D eigenvalue weighted by Crippen LogP contribution is -2.31. The molecule has 3 aromatic carbocycles. The molecule has 0 amide bonds. The molecule has 0 saturated carbocycles. The summed E-state index contributed by atoms with van der Waals surface area (Å²) in [6.45, 7) is 0.747. The van der Waals surface area contributed by atoms with Gasteiger partial charge in [-0.25, -0.2) is 28.0 Å². The lowest BCUT2D eigenvalue weighted by Gasteiger charge is -2.26. The van der Waals surface area contributed by atoms with Crippen LogP contribution in [0.3, 0.4) is 0 Å². The van der Waals surface area contributed by atoms with Crippen LogP contribution in [0.2, 0.25) is 0 Å². The van der Waals surface area contributed by atoms with Gasteiger partial charge in [0.1, 0.15) is 28.9 Å². The van der Waals surface area contributed by atoms with Gasteiger partial charge in [0.2, 0.25) is 0 Å². The van der Waals surface area contributed by atoms with Crippen molar-refractivity contribution in [3.8, 4) is 22.6 Å². The monoisotopic (exact) mass is 691 g/mol. The minimum atomic E-state index is -4.99. The van der Waals surface area contributed by atoms with Crippen molar-refractivity contribution in [1.29, 1.82) is 0 Å². The number of aromatic nitrogens is 2. The van der Waals surface area contributed by atoms with Gasteiger partial charge >= 0.3 is 12.5 Å². The molecule has 0 spiro atoms. The zero-order chi connectivity index (χ0) is 35.1. The van der Waals surface area contributed by atoms with Crippen molar-refractivity contribution in [2.45, 2.75) is 31.0 Å². The number of hydrogen-bond donors (Lipinski definition) is 2. The molecule has 4 rings (SSSR count). The molecular formula is C29H25F8N5O4S. The van der Waals surface area contributed by atoms with Crippen molar-refractivity contribution in [1.82, 2.24) is 9.55 Å². The highest BCUT2D eigenvalue weighted by Crippen LogP contribution is 2.39. The number of sulfone groups is 1. The number of benzene rings is 3. The molecule has 1 aromatic heterocycles. The largest absolute Gasteiger partial charge is 0.573 e. The fourth-order valence-corrected chi connectivity index (χ4v) is 5.62. The first-order valence-corrected chi connectivity index (χ1v) is 15.0. The van der Waals surface area contributed by atoms with Crippen LogP contribution < -0.4 is 21.3 Å². The van der Waals surface area contributed by atoms with Gasteiger partial charge in [0, 0.05) is 36.9 Å². The summed E-state index contributed by atoms with van der Waals surface area (Å²) < 4.78 is 145. The Bertz CT molecular complexity index is 1940. The van der Waals surface area contributed by atoms with E-state index in [0.29, 0.717) is 6.20 Å². The third-order valence-electron chi connectivity index (χ3n) is 6.69. The van der Waals surface area contributed by atoms with E-state index in [-0.39, 0.29) is 39.5 Å². The van der Waals surface area contributed by atoms with Crippen LogP contribution in [0.1, 0.15) is 22.6 Å². The van der Waals surface area contributed by atoms with E-state index >= 15 is 8.78 Å². The molecule has 0 aliphatic heterocycles. The van der Waals surface area contributed by atoms with Crippen LogP contribution in [0.15, 0.2) is 65.8 Å². The highest BCUT2D eigenvalue weighted by molar-refractivity contribution is 7.90. The molecule has 0 atom stereocenters. The van der Waals surface area contributed by atoms with Gasteiger partial charge in [-0.05, 0) is 66.6 Å². The van der Waals surface area contributed by atoms with Gasteiger partial charge in [0.25, 0.3) is 0 Å². The normalized spacial score (nSPS) is 12.8. The molecule has 47 heavy (non-hydrogen) atoms. The fraction of sp³-hybridized carbons (Fsp3) is 0.207.